The number of carbonyl (C=O) groups excluding carboxylic acids is 1. The number of ether oxygens (including phenoxy) is 3. The molecule has 1 aliphatic heterocycles. The second-order valence-corrected chi connectivity index (χ2v) is 8.81. The number of carbonyl (C=O) groups is 1. The molecular weight excluding hydrogens is 450 g/mol. The number of aromatic nitrogens is 1. The molecule has 1 aliphatic rings. The summed E-state index contributed by atoms with van der Waals surface area (Å²) in [7, 11) is 3.30. The van der Waals surface area contributed by atoms with Gasteiger partial charge in [-0.2, -0.15) is 0 Å². The van der Waals surface area contributed by atoms with Crippen molar-refractivity contribution in [1.29, 1.82) is 0 Å². The molecule has 5 rings (SSSR count). The lowest BCUT2D eigenvalue weighted by Crippen LogP contribution is -2.48. The van der Waals surface area contributed by atoms with Crippen LogP contribution in [0, 0.1) is 0 Å². The average Bonchev–Trinajstić information content (AvgIpc) is 3.34. The van der Waals surface area contributed by atoms with E-state index in [1.165, 1.54) is 0 Å². The number of nitrogens with zero attached hydrogens (tertiary/aromatic N) is 3. The van der Waals surface area contributed by atoms with Crippen LogP contribution >= 0.6 is 11.3 Å². The number of benzene rings is 3. The van der Waals surface area contributed by atoms with E-state index >= 15 is 0 Å². The molecule has 1 amide bonds. The quantitative estimate of drug-likeness (QED) is 0.388. The van der Waals surface area contributed by atoms with E-state index in [9.17, 15) is 4.79 Å². The largest absolute Gasteiger partial charge is 0.495 e. The Bertz CT molecular complexity index is 1260. The molecule has 0 saturated carbocycles. The number of thiazole rings is 1. The minimum absolute atomic E-state index is 0.0289. The lowest BCUT2D eigenvalue weighted by atomic mass is 10.1. The number of anilines is 1. The molecule has 1 fully saturated rings. The maximum atomic E-state index is 13.3. The Kier molecular flexibility index (Phi) is 6.22. The summed E-state index contributed by atoms with van der Waals surface area (Å²) in [5, 5.41) is 0.901. The normalized spacial score (nSPS) is 13.7. The first-order valence-electron chi connectivity index (χ1n) is 11.1. The number of piperazine rings is 1. The zero-order valence-electron chi connectivity index (χ0n) is 19.1. The van der Waals surface area contributed by atoms with Crippen LogP contribution in [0.2, 0.25) is 0 Å². The zero-order valence-corrected chi connectivity index (χ0v) is 19.9. The molecule has 0 radical (unpaired) electrons. The van der Waals surface area contributed by atoms with Gasteiger partial charge in [-0.1, -0.05) is 41.7 Å². The first kappa shape index (κ1) is 22.0. The highest BCUT2D eigenvalue weighted by Gasteiger charge is 2.26. The maximum Gasteiger partial charge on any atom is 0.257 e. The number of rotatable bonds is 6. The van der Waals surface area contributed by atoms with Crippen LogP contribution in [0.3, 0.4) is 0 Å². The van der Waals surface area contributed by atoms with Crippen LogP contribution in [0.15, 0.2) is 66.7 Å². The van der Waals surface area contributed by atoms with Gasteiger partial charge in [0.1, 0.15) is 33.2 Å². The van der Waals surface area contributed by atoms with Crippen molar-refractivity contribution in [3.05, 3.63) is 72.3 Å². The van der Waals surface area contributed by atoms with E-state index in [0.717, 1.165) is 26.8 Å². The maximum absolute atomic E-state index is 13.3. The molecule has 0 spiro atoms. The van der Waals surface area contributed by atoms with Crippen LogP contribution < -0.4 is 19.1 Å². The van der Waals surface area contributed by atoms with Gasteiger partial charge >= 0.3 is 0 Å². The SMILES string of the molecule is COc1ccc(OC)c2sc(N3CCN(C(=O)c4ccccc4Oc4ccccc4)CC3)nc12. The zero-order chi connectivity index (χ0) is 23.5. The number of hydrogen-bond donors (Lipinski definition) is 0. The second-order valence-electron chi connectivity index (χ2n) is 7.83. The number of amides is 1. The number of fused-ring (bicyclic) bond motifs is 1. The number of hydrogen-bond acceptors (Lipinski definition) is 7. The third kappa shape index (κ3) is 4.24. The number of methoxy groups -OCH3 is 2. The molecule has 8 heteroatoms. The van der Waals surface area contributed by atoms with Crippen LogP contribution in [0.5, 0.6) is 23.0 Å². The highest BCUT2D eigenvalue weighted by atomic mass is 32.1. The van der Waals surface area contributed by atoms with E-state index < -0.39 is 0 Å². The highest BCUT2D eigenvalue weighted by molar-refractivity contribution is 7.22. The van der Waals surface area contributed by atoms with Gasteiger partial charge in [-0.15, -0.1) is 0 Å². The average molecular weight is 476 g/mol. The molecular formula is C26H25N3O4S. The lowest BCUT2D eigenvalue weighted by Gasteiger charge is -2.34. The fourth-order valence-electron chi connectivity index (χ4n) is 4.03. The van der Waals surface area contributed by atoms with E-state index in [0.29, 0.717) is 43.2 Å². The Morgan fingerprint density at radius 3 is 2.24 bits per heavy atom. The van der Waals surface area contributed by atoms with E-state index in [1.807, 2.05) is 71.6 Å². The smallest absolute Gasteiger partial charge is 0.257 e. The van der Waals surface area contributed by atoms with Crippen molar-refractivity contribution in [2.45, 2.75) is 0 Å². The van der Waals surface area contributed by atoms with Crippen molar-refractivity contribution in [3.63, 3.8) is 0 Å². The summed E-state index contributed by atoms with van der Waals surface area (Å²) < 4.78 is 18.0. The summed E-state index contributed by atoms with van der Waals surface area (Å²) >= 11 is 1.58. The first-order valence-corrected chi connectivity index (χ1v) is 11.9. The van der Waals surface area contributed by atoms with Crippen molar-refractivity contribution in [1.82, 2.24) is 9.88 Å². The molecule has 1 saturated heterocycles. The Morgan fingerprint density at radius 1 is 0.824 bits per heavy atom. The predicted molar refractivity (Wildman–Crippen MR) is 134 cm³/mol. The molecule has 174 valence electrons. The predicted octanol–water partition coefficient (Wildman–Crippen LogP) is 5.07. The van der Waals surface area contributed by atoms with Crippen molar-refractivity contribution >= 4 is 32.6 Å². The van der Waals surface area contributed by atoms with E-state index in [2.05, 4.69) is 4.90 Å². The number of para-hydroxylation sites is 2. The van der Waals surface area contributed by atoms with Crippen molar-refractivity contribution < 1.29 is 19.0 Å². The lowest BCUT2D eigenvalue weighted by molar-refractivity contribution is 0.0744. The molecule has 7 nitrogen and oxygen atoms in total. The molecule has 0 atom stereocenters. The van der Waals surface area contributed by atoms with Gasteiger partial charge in [0.05, 0.1) is 19.8 Å². The van der Waals surface area contributed by atoms with E-state index in [1.54, 1.807) is 25.6 Å². The van der Waals surface area contributed by atoms with E-state index in [-0.39, 0.29) is 5.91 Å². The molecule has 0 N–H and O–H groups in total. The van der Waals surface area contributed by atoms with Gasteiger partial charge in [0, 0.05) is 26.2 Å². The van der Waals surface area contributed by atoms with Gasteiger partial charge < -0.3 is 24.0 Å². The van der Waals surface area contributed by atoms with E-state index in [4.69, 9.17) is 19.2 Å². The topological polar surface area (TPSA) is 64.1 Å². The second kappa shape index (κ2) is 9.61. The van der Waals surface area contributed by atoms with Crippen LogP contribution in [0.25, 0.3) is 10.2 Å². The van der Waals surface area contributed by atoms with Crippen LogP contribution in [-0.2, 0) is 0 Å². The van der Waals surface area contributed by atoms with Crippen molar-refractivity contribution in [3.8, 4) is 23.0 Å². The summed E-state index contributed by atoms with van der Waals surface area (Å²) in [6.07, 6.45) is 0. The fourth-order valence-corrected chi connectivity index (χ4v) is 5.15. The Labute approximate surface area is 202 Å². The van der Waals surface area contributed by atoms with Crippen LogP contribution in [-0.4, -0.2) is 56.2 Å². The third-order valence-corrected chi connectivity index (χ3v) is 6.96. The van der Waals surface area contributed by atoms with Gasteiger partial charge in [0.25, 0.3) is 5.91 Å². The van der Waals surface area contributed by atoms with Gasteiger partial charge in [-0.05, 0) is 36.4 Å². The molecule has 1 aromatic heterocycles. The standard InChI is InChI=1S/C26H25N3O4S/c1-31-21-12-13-22(32-2)24-23(21)27-26(34-24)29-16-14-28(15-17-29)25(30)19-10-6-7-11-20(19)33-18-8-4-3-5-9-18/h3-13H,14-17H2,1-2H3. The summed E-state index contributed by atoms with van der Waals surface area (Å²) in [5.74, 6) is 2.74. The monoisotopic (exact) mass is 475 g/mol. The van der Waals surface area contributed by atoms with Crippen LogP contribution in [0.1, 0.15) is 10.4 Å². The van der Waals surface area contributed by atoms with Crippen molar-refractivity contribution in [2.75, 3.05) is 45.3 Å². The molecule has 2 heterocycles. The first-order chi connectivity index (χ1) is 16.7. The molecule has 0 unspecified atom stereocenters. The Hall–Kier alpha value is -3.78. The highest BCUT2D eigenvalue weighted by Crippen LogP contribution is 2.40. The summed E-state index contributed by atoms with van der Waals surface area (Å²) in [4.78, 5) is 22.2. The minimum atomic E-state index is -0.0289. The minimum Gasteiger partial charge on any atom is -0.495 e. The fraction of sp³-hybridized carbons (Fsp3) is 0.231. The van der Waals surface area contributed by atoms with Gasteiger partial charge in [0.2, 0.25) is 0 Å². The summed E-state index contributed by atoms with van der Waals surface area (Å²) in [6.45, 7) is 2.58. The molecule has 0 aliphatic carbocycles. The summed E-state index contributed by atoms with van der Waals surface area (Å²) in [6, 6.07) is 20.7. The molecule has 3 aromatic carbocycles. The van der Waals surface area contributed by atoms with Crippen LogP contribution in [0.4, 0.5) is 5.13 Å². The molecule has 34 heavy (non-hydrogen) atoms. The Balaban J connectivity index is 1.31. The van der Waals surface area contributed by atoms with Crippen molar-refractivity contribution in [2.24, 2.45) is 0 Å². The Morgan fingerprint density at radius 2 is 1.50 bits per heavy atom. The van der Waals surface area contributed by atoms with Gasteiger partial charge in [0.15, 0.2) is 5.13 Å². The molecule has 0 bridgehead atoms. The summed E-state index contributed by atoms with van der Waals surface area (Å²) in [5.41, 5.74) is 1.36. The third-order valence-electron chi connectivity index (χ3n) is 5.82. The van der Waals surface area contributed by atoms with Gasteiger partial charge in [-0.25, -0.2) is 4.98 Å². The molecule has 4 aromatic rings. The van der Waals surface area contributed by atoms with Gasteiger partial charge in [-0.3, -0.25) is 4.79 Å².